The van der Waals surface area contributed by atoms with Crippen LogP contribution in [0.4, 0.5) is 34.1 Å². The molecule has 8 aromatic rings. The van der Waals surface area contributed by atoms with E-state index in [2.05, 4.69) is 232 Å². The Morgan fingerprint density at radius 1 is 0.268 bits per heavy atom. The number of hydrogen-bond acceptors (Lipinski definition) is 2. The van der Waals surface area contributed by atoms with E-state index in [1.807, 2.05) is 0 Å². The van der Waals surface area contributed by atoms with Crippen LogP contribution in [-0.4, -0.2) is 0 Å². The molecule has 0 atom stereocenters. The highest BCUT2D eigenvalue weighted by Gasteiger charge is 2.39. The molecule has 0 amide bonds. The molecule has 0 saturated carbocycles. The van der Waals surface area contributed by atoms with Gasteiger partial charge in [-0.3, -0.25) is 0 Å². The van der Waals surface area contributed by atoms with Gasteiger partial charge in [-0.2, -0.15) is 0 Å². The van der Waals surface area contributed by atoms with Gasteiger partial charge in [0.05, 0.1) is 22.7 Å². The Hall–Kier alpha value is -6.64. The summed E-state index contributed by atoms with van der Waals surface area (Å²) < 4.78 is 0. The van der Waals surface area contributed by atoms with E-state index in [0.717, 1.165) is 11.4 Å². The molecule has 0 radical (unpaired) electrons. The summed E-state index contributed by atoms with van der Waals surface area (Å²) in [5.41, 5.74) is 19.5. The van der Waals surface area contributed by atoms with Crippen LogP contribution in [0.15, 0.2) is 194 Å². The van der Waals surface area contributed by atoms with Gasteiger partial charge in [0.2, 0.25) is 0 Å². The van der Waals surface area contributed by atoms with Crippen LogP contribution in [0.2, 0.25) is 0 Å². The van der Waals surface area contributed by atoms with E-state index in [1.165, 1.54) is 78.4 Å². The summed E-state index contributed by atoms with van der Waals surface area (Å²) in [7, 11) is 0. The summed E-state index contributed by atoms with van der Waals surface area (Å²) in [6.45, 7) is 9.49. The van der Waals surface area contributed by atoms with Crippen molar-refractivity contribution in [3.63, 3.8) is 0 Å². The minimum Gasteiger partial charge on any atom is -0.310 e. The van der Waals surface area contributed by atoms with E-state index in [1.54, 1.807) is 0 Å². The van der Waals surface area contributed by atoms with Crippen LogP contribution in [0.25, 0.3) is 33.4 Å². The fraction of sp³-hybridized carbons (Fsp3) is 0.111. The summed E-state index contributed by atoms with van der Waals surface area (Å²) in [5, 5.41) is 0. The van der Waals surface area contributed by atoms with E-state index in [4.69, 9.17) is 0 Å². The van der Waals surface area contributed by atoms with E-state index < -0.39 is 0 Å². The van der Waals surface area contributed by atoms with Crippen LogP contribution in [0, 0.1) is 0 Å². The zero-order valence-corrected chi connectivity index (χ0v) is 32.4. The Kier molecular flexibility index (Phi) is 7.87. The van der Waals surface area contributed by atoms with E-state index in [0.29, 0.717) is 0 Å². The smallest absolute Gasteiger partial charge is 0.0503 e. The molecule has 0 fully saturated rings. The fourth-order valence-corrected chi connectivity index (χ4v) is 9.19. The largest absolute Gasteiger partial charge is 0.310 e. The molecule has 0 aromatic heterocycles. The van der Waals surface area contributed by atoms with E-state index in [-0.39, 0.29) is 10.8 Å². The third-order valence-electron chi connectivity index (χ3n) is 12.3. The quantitative estimate of drug-likeness (QED) is 0.175. The van der Waals surface area contributed by atoms with Crippen molar-refractivity contribution in [2.24, 2.45) is 0 Å². The van der Waals surface area contributed by atoms with Gasteiger partial charge >= 0.3 is 0 Å². The first kappa shape index (κ1) is 33.9. The first-order valence-corrected chi connectivity index (χ1v) is 19.7. The first-order chi connectivity index (χ1) is 27.3. The molecule has 8 aromatic carbocycles. The number of nitrogens with zero attached hydrogens (tertiary/aromatic N) is 2. The fourth-order valence-electron chi connectivity index (χ4n) is 9.19. The average Bonchev–Trinajstić information content (AvgIpc) is 3.25. The summed E-state index contributed by atoms with van der Waals surface area (Å²) in [6, 6.07) is 71.3. The highest BCUT2D eigenvalue weighted by molar-refractivity contribution is 5.90. The molecule has 0 N–H and O–H groups in total. The second-order valence-corrected chi connectivity index (χ2v) is 16.2. The van der Waals surface area contributed by atoms with Crippen molar-refractivity contribution in [1.29, 1.82) is 0 Å². The molecular weight excluding hydrogens is 677 g/mol. The van der Waals surface area contributed by atoms with Crippen LogP contribution in [0.3, 0.4) is 0 Å². The van der Waals surface area contributed by atoms with Gasteiger partial charge in [-0.15, -0.1) is 0 Å². The number of hydrogen-bond donors (Lipinski definition) is 0. The zero-order chi connectivity index (χ0) is 38.0. The molecule has 0 aliphatic carbocycles. The summed E-state index contributed by atoms with van der Waals surface area (Å²) in [6.07, 6.45) is 0. The molecule has 2 heteroatoms. The third-order valence-corrected chi connectivity index (χ3v) is 12.3. The lowest BCUT2D eigenvalue weighted by atomic mass is 9.71. The van der Waals surface area contributed by atoms with Crippen molar-refractivity contribution in [2.75, 3.05) is 9.80 Å². The van der Waals surface area contributed by atoms with Gasteiger partial charge in [0, 0.05) is 22.2 Å². The predicted octanol–water partition coefficient (Wildman–Crippen LogP) is 14.9. The van der Waals surface area contributed by atoms with Gasteiger partial charge in [0.15, 0.2) is 0 Å². The summed E-state index contributed by atoms with van der Waals surface area (Å²) >= 11 is 0. The maximum atomic E-state index is 2.45. The standard InChI is InChI=1S/C54H44N2/c1-53(2)45-19-11-13-21-49(45)55(43-29-23-39(24-30-43)37-15-7-5-8-16-37)51-33-27-41(35-47(51)53)42-28-34-52-48(36-42)54(3,4)46-20-12-14-22-50(46)56(52)44-31-25-40(26-32-44)38-17-9-6-10-18-38/h5-36H,1-4H3. The van der Waals surface area contributed by atoms with Crippen molar-refractivity contribution >= 4 is 34.1 Å². The minimum absolute atomic E-state index is 0.197. The maximum absolute atomic E-state index is 2.45. The van der Waals surface area contributed by atoms with Crippen molar-refractivity contribution in [1.82, 2.24) is 0 Å². The van der Waals surface area contributed by atoms with Crippen LogP contribution in [0.1, 0.15) is 49.9 Å². The van der Waals surface area contributed by atoms with E-state index in [9.17, 15) is 0 Å². The summed E-state index contributed by atoms with van der Waals surface area (Å²) in [5.74, 6) is 0. The van der Waals surface area contributed by atoms with Crippen molar-refractivity contribution in [3.8, 4) is 33.4 Å². The Morgan fingerprint density at radius 3 is 0.964 bits per heavy atom. The van der Waals surface area contributed by atoms with Gasteiger partial charge in [-0.05, 0) is 116 Å². The number of fused-ring (bicyclic) bond motifs is 4. The Labute approximate surface area is 331 Å². The topological polar surface area (TPSA) is 6.48 Å². The molecule has 2 nitrogen and oxygen atoms in total. The van der Waals surface area contributed by atoms with Gasteiger partial charge in [-0.1, -0.05) is 161 Å². The van der Waals surface area contributed by atoms with Crippen molar-refractivity contribution in [3.05, 3.63) is 216 Å². The average molecular weight is 721 g/mol. The highest BCUT2D eigenvalue weighted by Crippen LogP contribution is 2.55. The molecule has 2 aliphatic rings. The number of para-hydroxylation sites is 2. The number of rotatable bonds is 5. The van der Waals surface area contributed by atoms with Crippen LogP contribution < -0.4 is 9.80 Å². The van der Waals surface area contributed by atoms with Crippen LogP contribution >= 0.6 is 0 Å². The Morgan fingerprint density at radius 2 is 0.571 bits per heavy atom. The van der Waals surface area contributed by atoms with Crippen molar-refractivity contribution in [2.45, 2.75) is 38.5 Å². The lowest BCUT2D eigenvalue weighted by Crippen LogP contribution is -2.31. The first-order valence-electron chi connectivity index (χ1n) is 19.7. The third kappa shape index (κ3) is 5.39. The maximum Gasteiger partial charge on any atom is 0.0503 e. The zero-order valence-electron chi connectivity index (χ0n) is 32.4. The molecule has 2 aliphatic heterocycles. The number of benzene rings is 8. The molecule has 56 heavy (non-hydrogen) atoms. The van der Waals surface area contributed by atoms with Crippen molar-refractivity contribution < 1.29 is 0 Å². The van der Waals surface area contributed by atoms with Gasteiger partial charge in [-0.25, -0.2) is 0 Å². The molecule has 0 spiro atoms. The highest BCUT2D eigenvalue weighted by atomic mass is 15.2. The second kappa shape index (κ2) is 13.0. The molecule has 270 valence electrons. The Balaban J connectivity index is 1.07. The van der Waals surface area contributed by atoms with Gasteiger partial charge < -0.3 is 9.80 Å². The molecule has 0 unspecified atom stereocenters. The van der Waals surface area contributed by atoms with Gasteiger partial charge in [0.25, 0.3) is 0 Å². The lowest BCUT2D eigenvalue weighted by Gasteiger charge is -2.43. The van der Waals surface area contributed by atoms with Crippen LogP contribution in [-0.2, 0) is 10.8 Å². The SMILES string of the molecule is CC1(C)c2ccccc2N(c2ccc(-c3ccccc3)cc2)c2ccc(-c3ccc4c(c3)C(C)(C)c3ccccc3N4c3ccc(-c4ccccc4)cc3)cc21. The monoisotopic (exact) mass is 720 g/mol. The second-order valence-electron chi connectivity index (χ2n) is 16.2. The Bertz CT molecular complexity index is 2530. The minimum atomic E-state index is -0.197. The lowest BCUT2D eigenvalue weighted by molar-refractivity contribution is 0.631. The molecule has 0 bridgehead atoms. The van der Waals surface area contributed by atoms with Crippen LogP contribution in [0.5, 0.6) is 0 Å². The molecule has 10 rings (SSSR count). The van der Waals surface area contributed by atoms with Gasteiger partial charge in [0.1, 0.15) is 0 Å². The molecule has 0 saturated heterocycles. The predicted molar refractivity (Wildman–Crippen MR) is 236 cm³/mol. The molecular formula is C54H44N2. The summed E-state index contributed by atoms with van der Waals surface area (Å²) in [4.78, 5) is 4.89. The van der Waals surface area contributed by atoms with E-state index >= 15 is 0 Å². The normalized spacial score (nSPS) is 14.6. The molecule has 2 heterocycles. The number of anilines is 6.